The molecule has 0 bridgehead atoms. The highest BCUT2D eigenvalue weighted by atomic mass is 35.5. The van der Waals surface area contributed by atoms with Gasteiger partial charge in [-0.25, -0.2) is 4.98 Å². The van der Waals surface area contributed by atoms with E-state index in [0.29, 0.717) is 42.7 Å². The Kier molecular flexibility index (Phi) is 5.89. The smallest absolute Gasteiger partial charge is 0.241 e. The standard InChI is InChI=1S/C21H27ClN6O/c1-14-2-4-15(5-3-14)19-13-27(21(29)18-12-24-6-7-25-18)8-9-28(19)20-17(23)10-16(22)11-26-20/h2-5,10-11,18-19,24-25H,6-9,12-13,23H2,1H3. The summed E-state index contributed by atoms with van der Waals surface area (Å²) in [5.74, 6) is 0.857. The van der Waals surface area contributed by atoms with Gasteiger partial charge in [0.25, 0.3) is 0 Å². The Morgan fingerprint density at radius 3 is 2.72 bits per heavy atom. The molecule has 2 aliphatic heterocycles. The molecule has 154 valence electrons. The number of aryl methyl sites for hydroxylation is 1. The molecule has 0 saturated carbocycles. The van der Waals surface area contributed by atoms with Gasteiger partial charge in [-0.15, -0.1) is 0 Å². The van der Waals surface area contributed by atoms with Gasteiger partial charge in [0.1, 0.15) is 0 Å². The zero-order chi connectivity index (χ0) is 20.4. The number of carbonyl (C=O) groups excluding carboxylic acids is 1. The summed E-state index contributed by atoms with van der Waals surface area (Å²) in [7, 11) is 0. The van der Waals surface area contributed by atoms with Crippen molar-refractivity contribution in [2.75, 3.05) is 49.9 Å². The van der Waals surface area contributed by atoms with E-state index in [1.165, 1.54) is 5.56 Å². The van der Waals surface area contributed by atoms with Crippen LogP contribution in [0.2, 0.25) is 5.02 Å². The van der Waals surface area contributed by atoms with Gasteiger partial charge < -0.3 is 26.2 Å². The van der Waals surface area contributed by atoms with Crippen LogP contribution in [0.3, 0.4) is 0 Å². The number of hydrogen-bond donors (Lipinski definition) is 3. The van der Waals surface area contributed by atoms with Crippen LogP contribution in [0, 0.1) is 6.92 Å². The number of halogens is 1. The van der Waals surface area contributed by atoms with Crippen LogP contribution in [0.4, 0.5) is 11.5 Å². The Morgan fingerprint density at radius 2 is 2.03 bits per heavy atom. The molecule has 0 aliphatic carbocycles. The molecule has 4 rings (SSSR count). The van der Waals surface area contributed by atoms with Crippen LogP contribution in [0.25, 0.3) is 0 Å². The van der Waals surface area contributed by atoms with Crippen molar-refractivity contribution in [1.29, 1.82) is 0 Å². The van der Waals surface area contributed by atoms with Crippen LogP contribution in [0.1, 0.15) is 17.2 Å². The van der Waals surface area contributed by atoms with Crippen molar-refractivity contribution in [3.63, 3.8) is 0 Å². The van der Waals surface area contributed by atoms with Gasteiger partial charge in [0.05, 0.1) is 22.8 Å². The maximum atomic E-state index is 13.1. The number of nitrogen functional groups attached to an aromatic ring is 1. The summed E-state index contributed by atoms with van der Waals surface area (Å²) >= 11 is 6.05. The Labute approximate surface area is 176 Å². The first-order valence-corrected chi connectivity index (χ1v) is 10.4. The Morgan fingerprint density at radius 1 is 1.24 bits per heavy atom. The summed E-state index contributed by atoms with van der Waals surface area (Å²) in [5, 5.41) is 7.13. The SMILES string of the molecule is Cc1ccc(C2CN(C(=O)C3CNCCN3)CCN2c2ncc(Cl)cc2N)cc1. The van der Waals surface area contributed by atoms with Crippen LogP contribution in [0.5, 0.6) is 0 Å². The minimum Gasteiger partial charge on any atom is -0.396 e. The number of rotatable bonds is 3. The molecule has 8 heteroatoms. The first kappa shape index (κ1) is 19.9. The van der Waals surface area contributed by atoms with E-state index in [2.05, 4.69) is 51.7 Å². The van der Waals surface area contributed by atoms with Gasteiger partial charge in [-0.2, -0.15) is 0 Å². The average Bonchev–Trinajstić information content (AvgIpc) is 2.74. The molecular formula is C21H27ClN6O. The van der Waals surface area contributed by atoms with Crippen LogP contribution in [-0.4, -0.2) is 61.1 Å². The molecular weight excluding hydrogens is 388 g/mol. The Hall–Kier alpha value is -2.35. The number of carbonyl (C=O) groups is 1. The van der Waals surface area contributed by atoms with Crippen molar-refractivity contribution in [2.24, 2.45) is 0 Å². The molecule has 0 radical (unpaired) electrons. The van der Waals surface area contributed by atoms with Crippen molar-refractivity contribution in [3.8, 4) is 0 Å². The fourth-order valence-electron chi connectivity index (χ4n) is 4.05. The van der Waals surface area contributed by atoms with E-state index in [-0.39, 0.29) is 18.0 Å². The summed E-state index contributed by atoms with van der Waals surface area (Å²) in [5.41, 5.74) is 9.13. The monoisotopic (exact) mass is 414 g/mol. The van der Waals surface area contributed by atoms with E-state index in [1.807, 2.05) is 4.90 Å². The molecule has 2 saturated heterocycles. The summed E-state index contributed by atoms with van der Waals surface area (Å²) in [6.45, 7) is 6.31. The second-order valence-electron chi connectivity index (χ2n) is 7.68. The summed E-state index contributed by atoms with van der Waals surface area (Å²) in [4.78, 5) is 21.7. The van der Waals surface area contributed by atoms with E-state index in [4.69, 9.17) is 17.3 Å². The largest absolute Gasteiger partial charge is 0.396 e. The average molecular weight is 415 g/mol. The lowest BCUT2D eigenvalue weighted by Gasteiger charge is -2.44. The third kappa shape index (κ3) is 4.32. The van der Waals surface area contributed by atoms with Crippen molar-refractivity contribution in [2.45, 2.75) is 19.0 Å². The van der Waals surface area contributed by atoms with Crippen LogP contribution in [0.15, 0.2) is 36.5 Å². The second kappa shape index (κ2) is 8.57. The van der Waals surface area contributed by atoms with Crippen molar-refractivity contribution in [1.82, 2.24) is 20.5 Å². The molecule has 29 heavy (non-hydrogen) atoms. The molecule has 2 unspecified atom stereocenters. The van der Waals surface area contributed by atoms with Gasteiger partial charge in [0.2, 0.25) is 5.91 Å². The van der Waals surface area contributed by atoms with Crippen LogP contribution >= 0.6 is 11.6 Å². The number of anilines is 2. The number of amides is 1. The molecule has 1 amide bonds. The van der Waals surface area contributed by atoms with Crippen LogP contribution < -0.4 is 21.3 Å². The van der Waals surface area contributed by atoms with Gasteiger partial charge in [-0.1, -0.05) is 41.4 Å². The number of aromatic nitrogens is 1. The van der Waals surface area contributed by atoms with Gasteiger partial charge in [-0.05, 0) is 18.6 Å². The fourth-order valence-corrected chi connectivity index (χ4v) is 4.21. The van der Waals surface area contributed by atoms with E-state index in [9.17, 15) is 4.79 Å². The molecule has 2 aromatic rings. The van der Waals surface area contributed by atoms with Crippen LogP contribution in [-0.2, 0) is 4.79 Å². The first-order chi connectivity index (χ1) is 14.0. The number of nitrogens with zero attached hydrogens (tertiary/aromatic N) is 3. The highest BCUT2D eigenvalue weighted by Gasteiger charge is 2.35. The highest BCUT2D eigenvalue weighted by Crippen LogP contribution is 2.34. The molecule has 1 aromatic carbocycles. The lowest BCUT2D eigenvalue weighted by Crippen LogP contribution is -2.60. The number of nitrogens with two attached hydrogens (primary N) is 1. The number of pyridine rings is 1. The topological polar surface area (TPSA) is 86.5 Å². The zero-order valence-electron chi connectivity index (χ0n) is 16.6. The van der Waals surface area contributed by atoms with E-state index < -0.39 is 0 Å². The van der Waals surface area contributed by atoms with Crippen molar-refractivity contribution in [3.05, 3.63) is 52.7 Å². The number of hydrogen-bond acceptors (Lipinski definition) is 6. The summed E-state index contributed by atoms with van der Waals surface area (Å²) < 4.78 is 0. The van der Waals surface area contributed by atoms with E-state index >= 15 is 0 Å². The minimum absolute atomic E-state index is 0.0270. The molecule has 0 spiro atoms. The molecule has 2 fully saturated rings. The summed E-state index contributed by atoms with van der Waals surface area (Å²) in [6, 6.07) is 9.96. The van der Waals surface area contributed by atoms with Crippen molar-refractivity contribution >= 4 is 29.0 Å². The number of piperazine rings is 2. The first-order valence-electron chi connectivity index (χ1n) is 10.00. The zero-order valence-corrected chi connectivity index (χ0v) is 17.3. The minimum atomic E-state index is -0.173. The normalized spacial score (nSPS) is 22.6. The molecule has 1 aromatic heterocycles. The number of nitrogens with one attached hydrogen (secondary N) is 2. The maximum absolute atomic E-state index is 13.1. The molecule has 4 N–H and O–H groups in total. The quantitative estimate of drug-likeness (QED) is 0.707. The Balaban J connectivity index is 1.62. The fraction of sp³-hybridized carbons (Fsp3) is 0.429. The predicted molar refractivity (Wildman–Crippen MR) is 116 cm³/mol. The lowest BCUT2D eigenvalue weighted by atomic mass is 10.00. The van der Waals surface area contributed by atoms with E-state index in [0.717, 1.165) is 18.7 Å². The third-order valence-electron chi connectivity index (χ3n) is 5.63. The van der Waals surface area contributed by atoms with Gasteiger partial charge >= 0.3 is 0 Å². The molecule has 2 atom stereocenters. The Bertz CT molecular complexity index is 868. The highest BCUT2D eigenvalue weighted by molar-refractivity contribution is 6.30. The van der Waals surface area contributed by atoms with Gasteiger partial charge in [0.15, 0.2) is 5.82 Å². The second-order valence-corrected chi connectivity index (χ2v) is 8.12. The molecule has 7 nitrogen and oxygen atoms in total. The third-order valence-corrected chi connectivity index (χ3v) is 5.83. The molecule has 2 aliphatic rings. The van der Waals surface area contributed by atoms with Gasteiger partial charge in [-0.3, -0.25) is 4.79 Å². The van der Waals surface area contributed by atoms with Gasteiger partial charge in [0, 0.05) is 45.5 Å². The predicted octanol–water partition coefficient (Wildman–Crippen LogP) is 1.58. The lowest BCUT2D eigenvalue weighted by molar-refractivity contribution is -0.134. The summed E-state index contributed by atoms with van der Waals surface area (Å²) in [6.07, 6.45) is 1.62. The molecule has 3 heterocycles. The van der Waals surface area contributed by atoms with Crippen molar-refractivity contribution < 1.29 is 4.79 Å². The maximum Gasteiger partial charge on any atom is 0.241 e. The van der Waals surface area contributed by atoms with E-state index in [1.54, 1.807) is 12.3 Å². The number of benzene rings is 1.